The number of primary amides is 1. The van der Waals surface area contributed by atoms with Crippen molar-refractivity contribution in [2.24, 2.45) is 5.73 Å². The molecule has 0 unspecified atom stereocenters. The molecule has 190 valence electrons. The van der Waals surface area contributed by atoms with Crippen molar-refractivity contribution >= 4 is 23.3 Å². The van der Waals surface area contributed by atoms with E-state index in [-0.39, 0.29) is 29.9 Å². The number of unbranched alkanes of at least 4 members (excludes halogenated alkanes) is 1. The average Bonchev–Trinajstić information content (AvgIpc) is 3.54. The van der Waals surface area contributed by atoms with Crippen molar-refractivity contribution in [3.8, 4) is 11.4 Å². The lowest BCUT2D eigenvalue weighted by Gasteiger charge is -2.29. The molecular weight excluding hydrogens is 466 g/mol. The zero-order valence-corrected chi connectivity index (χ0v) is 20.0. The van der Waals surface area contributed by atoms with Gasteiger partial charge in [0.25, 0.3) is 11.5 Å². The van der Waals surface area contributed by atoms with Crippen molar-refractivity contribution < 1.29 is 9.59 Å². The molecule has 2 aromatic heterocycles. The first-order valence-electron chi connectivity index (χ1n) is 11.9. The molecule has 0 atom stereocenters. The van der Waals surface area contributed by atoms with E-state index in [0.29, 0.717) is 36.9 Å². The van der Waals surface area contributed by atoms with E-state index in [1.165, 1.54) is 9.47 Å². The number of nitrogen functional groups attached to an aromatic ring is 1. The van der Waals surface area contributed by atoms with Gasteiger partial charge in [-0.15, -0.1) is 10.2 Å². The van der Waals surface area contributed by atoms with Crippen LogP contribution in [-0.4, -0.2) is 47.6 Å². The van der Waals surface area contributed by atoms with Crippen LogP contribution in [0.25, 0.3) is 11.4 Å². The zero-order valence-electron chi connectivity index (χ0n) is 20.0. The highest BCUT2D eigenvalue weighted by Gasteiger charge is 2.33. The van der Waals surface area contributed by atoms with Crippen molar-refractivity contribution in [1.82, 2.24) is 29.8 Å². The molecule has 0 bridgehead atoms. The molecule has 1 aliphatic carbocycles. The molecule has 1 aliphatic rings. The van der Waals surface area contributed by atoms with Crippen molar-refractivity contribution in [2.45, 2.75) is 64.6 Å². The fourth-order valence-electron chi connectivity index (χ4n) is 4.43. The summed E-state index contributed by atoms with van der Waals surface area (Å²) in [4.78, 5) is 54.9. The number of H-pyrrole nitrogens is 1. The van der Waals surface area contributed by atoms with Gasteiger partial charge in [0.2, 0.25) is 11.7 Å². The topological polar surface area (TPSA) is 188 Å². The van der Waals surface area contributed by atoms with E-state index >= 15 is 0 Å². The number of rotatable bonds is 9. The number of tetrazole rings is 1. The molecule has 2 heterocycles. The van der Waals surface area contributed by atoms with Crippen molar-refractivity contribution in [3.05, 3.63) is 50.7 Å². The van der Waals surface area contributed by atoms with Gasteiger partial charge >= 0.3 is 5.69 Å². The SMILES string of the molecule is CCCCn1c(N)c(N(C(=O)Cn2nnc(-c3ccc(C(N)=O)cc3)n2)C2CCCC2)c(=O)[nH]c1=O. The normalized spacial score (nSPS) is 13.7. The number of hydrogen-bond donors (Lipinski definition) is 3. The van der Waals surface area contributed by atoms with Gasteiger partial charge in [-0.05, 0) is 36.6 Å². The van der Waals surface area contributed by atoms with Crippen LogP contribution in [0.5, 0.6) is 0 Å². The van der Waals surface area contributed by atoms with Crippen LogP contribution in [0.1, 0.15) is 55.8 Å². The summed E-state index contributed by atoms with van der Waals surface area (Å²) in [6.45, 7) is 2.03. The predicted molar refractivity (Wildman–Crippen MR) is 132 cm³/mol. The van der Waals surface area contributed by atoms with Gasteiger partial charge < -0.3 is 11.5 Å². The summed E-state index contributed by atoms with van der Waals surface area (Å²) in [6.07, 6.45) is 4.77. The Morgan fingerprint density at radius 3 is 2.50 bits per heavy atom. The summed E-state index contributed by atoms with van der Waals surface area (Å²) in [5.41, 5.74) is 11.2. The second-order valence-corrected chi connectivity index (χ2v) is 8.79. The second kappa shape index (κ2) is 10.5. The fourth-order valence-corrected chi connectivity index (χ4v) is 4.43. The summed E-state index contributed by atoms with van der Waals surface area (Å²) >= 11 is 0. The lowest BCUT2D eigenvalue weighted by atomic mass is 10.1. The number of hydrogen-bond acceptors (Lipinski definition) is 8. The first kappa shape index (κ1) is 24.8. The summed E-state index contributed by atoms with van der Waals surface area (Å²) in [6, 6.07) is 6.13. The molecule has 0 radical (unpaired) electrons. The third-order valence-corrected chi connectivity index (χ3v) is 6.31. The van der Waals surface area contributed by atoms with E-state index in [0.717, 1.165) is 24.1 Å². The van der Waals surface area contributed by atoms with E-state index in [1.54, 1.807) is 24.3 Å². The third-order valence-electron chi connectivity index (χ3n) is 6.31. The van der Waals surface area contributed by atoms with Gasteiger partial charge in [0, 0.05) is 23.7 Å². The zero-order chi connectivity index (χ0) is 25.8. The van der Waals surface area contributed by atoms with Crippen LogP contribution in [0.2, 0.25) is 0 Å². The largest absolute Gasteiger partial charge is 0.383 e. The number of carbonyl (C=O) groups is 2. The minimum atomic E-state index is -0.702. The molecule has 13 nitrogen and oxygen atoms in total. The maximum atomic E-state index is 13.5. The molecule has 0 aliphatic heterocycles. The second-order valence-electron chi connectivity index (χ2n) is 8.79. The Kier molecular flexibility index (Phi) is 7.27. The standard InChI is InChI=1S/C23H29N9O4/c1-2-3-12-30-19(24)18(22(35)26-23(30)36)32(16-6-4-5-7-16)17(33)13-31-28-21(27-29-31)15-10-8-14(9-11-15)20(25)34/h8-11,16H,2-7,12-13,24H2,1H3,(H2,25,34)(H,26,35,36). The van der Waals surface area contributed by atoms with E-state index in [4.69, 9.17) is 11.5 Å². The van der Waals surface area contributed by atoms with Crippen LogP contribution >= 0.6 is 0 Å². The molecule has 3 aromatic rings. The Morgan fingerprint density at radius 1 is 1.17 bits per heavy atom. The van der Waals surface area contributed by atoms with Gasteiger partial charge in [0.1, 0.15) is 12.4 Å². The number of nitrogens with zero attached hydrogens (tertiary/aromatic N) is 6. The maximum Gasteiger partial charge on any atom is 0.330 e. The van der Waals surface area contributed by atoms with E-state index < -0.39 is 23.1 Å². The molecular formula is C23H29N9O4. The predicted octanol–water partition coefficient (Wildman–Crippen LogP) is 0.647. The van der Waals surface area contributed by atoms with Gasteiger partial charge in [-0.2, -0.15) is 4.80 Å². The Bertz CT molecular complexity index is 1370. The van der Waals surface area contributed by atoms with E-state index in [1.807, 2.05) is 6.92 Å². The molecule has 0 saturated heterocycles. The quantitative estimate of drug-likeness (QED) is 0.385. The number of benzene rings is 1. The molecule has 4 rings (SSSR count). The van der Waals surface area contributed by atoms with Crippen LogP contribution in [0, 0.1) is 0 Å². The fraction of sp³-hybridized carbons (Fsp3) is 0.435. The number of anilines is 2. The Balaban J connectivity index is 1.64. The molecule has 0 spiro atoms. The lowest BCUT2D eigenvalue weighted by molar-refractivity contribution is -0.120. The lowest BCUT2D eigenvalue weighted by Crippen LogP contribution is -2.47. The number of nitrogens with two attached hydrogens (primary N) is 2. The molecule has 36 heavy (non-hydrogen) atoms. The molecule has 2 amide bonds. The van der Waals surface area contributed by atoms with Gasteiger partial charge in [-0.25, -0.2) is 4.79 Å². The van der Waals surface area contributed by atoms with Crippen molar-refractivity contribution in [3.63, 3.8) is 0 Å². The highest BCUT2D eigenvalue weighted by Crippen LogP contribution is 2.29. The highest BCUT2D eigenvalue weighted by atomic mass is 16.2. The number of carbonyl (C=O) groups excluding carboxylic acids is 2. The monoisotopic (exact) mass is 495 g/mol. The van der Waals surface area contributed by atoms with Gasteiger partial charge in [0.05, 0.1) is 0 Å². The summed E-state index contributed by atoms with van der Waals surface area (Å²) < 4.78 is 1.30. The first-order valence-corrected chi connectivity index (χ1v) is 11.9. The summed E-state index contributed by atoms with van der Waals surface area (Å²) in [5.74, 6) is -0.755. The summed E-state index contributed by atoms with van der Waals surface area (Å²) in [5, 5.41) is 12.2. The van der Waals surface area contributed by atoms with Gasteiger partial charge in [-0.1, -0.05) is 38.3 Å². The number of nitrogens with one attached hydrogen (secondary N) is 1. The highest BCUT2D eigenvalue weighted by molar-refractivity contribution is 5.96. The number of aromatic nitrogens is 6. The minimum Gasteiger partial charge on any atom is -0.383 e. The van der Waals surface area contributed by atoms with E-state index in [9.17, 15) is 19.2 Å². The molecule has 1 aromatic carbocycles. The average molecular weight is 496 g/mol. The number of amides is 2. The van der Waals surface area contributed by atoms with Crippen LogP contribution in [0.15, 0.2) is 33.9 Å². The molecule has 1 saturated carbocycles. The smallest absolute Gasteiger partial charge is 0.330 e. The van der Waals surface area contributed by atoms with Crippen LogP contribution < -0.4 is 27.6 Å². The summed E-state index contributed by atoms with van der Waals surface area (Å²) in [7, 11) is 0. The Morgan fingerprint density at radius 2 is 1.86 bits per heavy atom. The van der Waals surface area contributed by atoms with Crippen molar-refractivity contribution in [2.75, 3.05) is 10.6 Å². The third kappa shape index (κ3) is 5.04. The Hall–Kier alpha value is -4.29. The molecule has 5 N–H and O–H groups in total. The van der Waals surface area contributed by atoms with E-state index in [2.05, 4.69) is 20.4 Å². The maximum absolute atomic E-state index is 13.5. The molecule has 1 fully saturated rings. The van der Waals surface area contributed by atoms with Gasteiger partial charge in [0.15, 0.2) is 5.69 Å². The van der Waals surface area contributed by atoms with Crippen molar-refractivity contribution in [1.29, 1.82) is 0 Å². The van der Waals surface area contributed by atoms with Crippen LogP contribution in [-0.2, 0) is 17.9 Å². The number of aromatic amines is 1. The van der Waals surface area contributed by atoms with Crippen LogP contribution in [0.4, 0.5) is 11.5 Å². The first-order chi connectivity index (χ1) is 17.3. The minimum absolute atomic E-state index is 0.0232. The molecule has 13 heteroatoms. The van der Waals surface area contributed by atoms with Gasteiger partial charge in [-0.3, -0.25) is 28.8 Å². The van der Waals surface area contributed by atoms with Crippen LogP contribution in [0.3, 0.4) is 0 Å². The Labute approximate surface area is 206 Å².